The van der Waals surface area contributed by atoms with E-state index in [4.69, 9.17) is 0 Å². The highest BCUT2D eigenvalue weighted by Crippen LogP contribution is 2.18. The van der Waals surface area contributed by atoms with Gasteiger partial charge in [-0.25, -0.2) is 8.42 Å². The van der Waals surface area contributed by atoms with Crippen molar-refractivity contribution in [3.63, 3.8) is 0 Å². The predicted molar refractivity (Wildman–Crippen MR) is 110 cm³/mol. The molecule has 0 heterocycles. The third kappa shape index (κ3) is 8.89. The molecule has 0 unspecified atom stereocenters. The Morgan fingerprint density at radius 3 is 1.64 bits per heavy atom. The topological polar surface area (TPSA) is 34.1 Å². The fraction of sp³-hybridized carbons (Fsp3) is 0.727. The van der Waals surface area contributed by atoms with Gasteiger partial charge in [-0.15, -0.1) is 0 Å². The molecule has 0 amide bonds. The van der Waals surface area contributed by atoms with Crippen LogP contribution in [0.2, 0.25) is 0 Å². The molecule has 25 heavy (non-hydrogen) atoms. The summed E-state index contributed by atoms with van der Waals surface area (Å²) in [6, 6.07) is 9.12. The smallest absolute Gasteiger partial charge is 0.155 e. The van der Waals surface area contributed by atoms with Crippen LogP contribution in [0.25, 0.3) is 0 Å². The average molecular weight is 367 g/mol. The molecule has 0 fully saturated rings. The molecule has 1 aromatic carbocycles. The van der Waals surface area contributed by atoms with Crippen molar-refractivity contribution in [1.29, 1.82) is 0 Å². The first-order valence-electron chi connectivity index (χ1n) is 10.1. The molecule has 1 rings (SSSR count). The molecule has 0 saturated heterocycles. The van der Waals surface area contributed by atoms with Crippen molar-refractivity contribution in [3.8, 4) is 0 Å². The zero-order valence-electron chi connectivity index (χ0n) is 16.8. The Kier molecular flexibility index (Phi) is 9.78. The van der Waals surface area contributed by atoms with Gasteiger partial charge in [-0.2, -0.15) is 0 Å². The lowest BCUT2D eigenvalue weighted by atomic mass is 10.0. The van der Waals surface area contributed by atoms with Crippen molar-refractivity contribution in [3.05, 3.63) is 35.4 Å². The van der Waals surface area contributed by atoms with Gasteiger partial charge >= 0.3 is 0 Å². The van der Waals surface area contributed by atoms with E-state index in [1.165, 1.54) is 49.7 Å². The Balaban J connectivity index is 2.09. The van der Waals surface area contributed by atoms with E-state index in [0.717, 1.165) is 25.7 Å². The van der Waals surface area contributed by atoms with Crippen LogP contribution in [0.15, 0.2) is 24.3 Å². The van der Waals surface area contributed by atoms with Crippen molar-refractivity contribution in [2.75, 3.05) is 5.75 Å². The van der Waals surface area contributed by atoms with Gasteiger partial charge in [-0.05, 0) is 64.0 Å². The molecule has 0 bridgehead atoms. The van der Waals surface area contributed by atoms with E-state index in [9.17, 15) is 8.42 Å². The molecule has 0 spiro atoms. The Bertz CT molecular complexity index is 565. The zero-order valence-corrected chi connectivity index (χ0v) is 17.6. The van der Waals surface area contributed by atoms with Crippen LogP contribution in [0, 0.1) is 0 Å². The number of unbranched alkanes of at least 4 members (excludes halogenated alkanes) is 6. The van der Waals surface area contributed by atoms with E-state index in [2.05, 4.69) is 31.2 Å². The van der Waals surface area contributed by atoms with Crippen LogP contribution in [0.5, 0.6) is 0 Å². The summed E-state index contributed by atoms with van der Waals surface area (Å²) in [4.78, 5) is 0. The second-order valence-electron chi connectivity index (χ2n) is 8.22. The monoisotopic (exact) mass is 366 g/mol. The van der Waals surface area contributed by atoms with Gasteiger partial charge in [0.25, 0.3) is 0 Å². The van der Waals surface area contributed by atoms with Crippen LogP contribution in [0.3, 0.4) is 0 Å². The SMILES string of the molecule is CCCCc1ccc(CCCCCCCCS(=O)(=O)C(C)(C)C)cc1. The highest BCUT2D eigenvalue weighted by molar-refractivity contribution is 7.92. The molecular formula is C22H38O2S. The number of rotatable bonds is 12. The summed E-state index contributed by atoms with van der Waals surface area (Å²) >= 11 is 0. The molecule has 0 aliphatic heterocycles. The van der Waals surface area contributed by atoms with E-state index in [1.807, 2.05) is 0 Å². The molecule has 0 aliphatic carbocycles. The molecule has 3 heteroatoms. The van der Waals surface area contributed by atoms with Crippen LogP contribution in [-0.4, -0.2) is 18.9 Å². The van der Waals surface area contributed by atoms with E-state index in [-0.39, 0.29) is 0 Å². The first kappa shape index (κ1) is 22.2. The van der Waals surface area contributed by atoms with Crippen molar-refractivity contribution in [2.45, 2.75) is 96.7 Å². The van der Waals surface area contributed by atoms with Crippen LogP contribution in [0.4, 0.5) is 0 Å². The quantitative estimate of drug-likeness (QED) is 0.417. The third-order valence-electron chi connectivity index (χ3n) is 4.90. The predicted octanol–water partition coefficient (Wildman–Crippen LogP) is 6.13. The van der Waals surface area contributed by atoms with Gasteiger partial charge < -0.3 is 0 Å². The molecule has 0 aromatic heterocycles. The van der Waals surface area contributed by atoms with E-state index in [1.54, 1.807) is 20.8 Å². The van der Waals surface area contributed by atoms with Gasteiger partial charge in [-0.3, -0.25) is 0 Å². The maximum absolute atomic E-state index is 12.0. The minimum Gasteiger partial charge on any atom is -0.228 e. The zero-order chi connectivity index (χ0) is 18.8. The number of benzene rings is 1. The van der Waals surface area contributed by atoms with Crippen molar-refractivity contribution in [1.82, 2.24) is 0 Å². The lowest BCUT2D eigenvalue weighted by Gasteiger charge is -2.18. The highest BCUT2D eigenvalue weighted by Gasteiger charge is 2.27. The van der Waals surface area contributed by atoms with Crippen LogP contribution in [0.1, 0.15) is 90.2 Å². The molecule has 0 radical (unpaired) electrons. The highest BCUT2D eigenvalue weighted by atomic mass is 32.2. The normalized spacial score (nSPS) is 12.5. The Morgan fingerprint density at radius 2 is 1.16 bits per heavy atom. The first-order chi connectivity index (χ1) is 11.8. The molecular weight excluding hydrogens is 328 g/mol. The van der Waals surface area contributed by atoms with Gasteiger partial charge in [0.05, 0.1) is 10.5 Å². The fourth-order valence-electron chi connectivity index (χ4n) is 2.89. The molecule has 2 nitrogen and oxygen atoms in total. The van der Waals surface area contributed by atoms with Crippen LogP contribution in [-0.2, 0) is 22.7 Å². The summed E-state index contributed by atoms with van der Waals surface area (Å²) in [6.07, 6.45) is 11.5. The van der Waals surface area contributed by atoms with Crippen LogP contribution < -0.4 is 0 Å². The van der Waals surface area contributed by atoms with Gasteiger partial charge in [-0.1, -0.05) is 63.3 Å². The molecule has 0 N–H and O–H groups in total. The third-order valence-corrected chi connectivity index (χ3v) is 7.60. The van der Waals surface area contributed by atoms with E-state index < -0.39 is 14.6 Å². The van der Waals surface area contributed by atoms with Gasteiger partial charge in [0.15, 0.2) is 9.84 Å². The minimum atomic E-state index is -2.94. The summed E-state index contributed by atoms with van der Waals surface area (Å²) in [6.45, 7) is 7.61. The maximum Gasteiger partial charge on any atom is 0.155 e. The molecule has 0 saturated carbocycles. The van der Waals surface area contributed by atoms with Gasteiger partial charge in [0.1, 0.15) is 0 Å². The van der Waals surface area contributed by atoms with E-state index >= 15 is 0 Å². The lowest BCUT2D eigenvalue weighted by molar-refractivity contribution is 0.551. The Hall–Kier alpha value is -0.830. The largest absolute Gasteiger partial charge is 0.228 e. The number of aryl methyl sites for hydroxylation is 2. The fourth-order valence-corrected chi connectivity index (χ4v) is 4.08. The Morgan fingerprint density at radius 1 is 0.720 bits per heavy atom. The molecule has 0 aliphatic rings. The Labute approximate surface area is 156 Å². The van der Waals surface area contributed by atoms with Crippen molar-refractivity contribution >= 4 is 9.84 Å². The van der Waals surface area contributed by atoms with Crippen molar-refractivity contribution in [2.24, 2.45) is 0 Å². The van der Waals surface area contributed by atoms with E-state index in [0.29, 0.717) is 5.75 Å². The van der Waals surface area contributed by atoms with Crippen LogP contribution >= 0.6 is 0 Å². The lowest BCUT2D eigenvalue weighted by Crippen LogP contribution is -2.30. The molecule has 0 atom stereocenters. The summed E-state index contributed by atoms with van der Waals surface area (Å²) in [5.41, 5.74) is 2.90. The summed E-state index contributed by atoms with van der Waals surface area (Å²) in [7, 11) is -2.94. The summed E-state index contributed by atoms with van der Waals surface area (Å²) in [5.74, 6) is 0.334. The minimum absolute atomic E-state index is 0.334. The standard InChI is InChI=1S/C22H38O2S/c1-5-6-13-20-15-17-21(18-16-20)14-11-9-7-8-10-12-19-25(23,24)22(2,3)4/h15-18H,5-14,19H2,1-4H3. The second kappa shape index (κ2) is 11.0. The summed E-state index contributed by atoms with van der Waals surface area (Å²) < 4.78 is 23.4. The number of hydrogen-bond acceptors (Lipinski definition) is 2. The summed E-state index contributed by atoms with van der Waals surface area (Å²) in [5, 5.41) is 0. The number of sulfone groups is 1. The average Bonchev–Trinajstić information content (AvgIpc) is 2.55. The number of hydrogen-bond donors (Lipinski definition) is 0. The van der Waals surface area contributed by atoms with Crippen molar-refractivity contribution < 1.29 is 8.42 Å². The second-order valence-corrected chi connectivity index (χ2v) is 11.1. The first-order valence-corrected chi connectivity index (χ1v) is 11.7. The van der Waals surface area contributed by atoms with Gasteiger partial charge in [0, 0.05) is 0 Å². The maximum atomic E-state index is 12.0. The van der Waals surface area contributed by atoms with Gasteiger partial charge in [0.2, 0.25) is 0 Å². The molecule has 1 aromatic rings. The molecule has 144 valence electrons.